The van der Waals surface area contributed by atoms with Gasteiger partial charge in [-0.15, -0.1) is 0 Å². The molecule has 1 atom stereocenters. The van der Waals surface area contributed by atoms with Gasteiger partial charge in [-0.3, -0.25) is 0 Å². The molecule has 1 rings (SSSR count). The van der Waals surface area contributed by atoms with Crippen molar-refractivity contribution in [3.8, 4) is 0 Å². The van der Waals surface area contributed by atoms with Gasteiger partial charge >= 0.3 is 6.18 Å². The van der Waals surface area contributed by atoms with Crippen molar-refractivity contribution in [2.45, 2.75) is 33.6 Å². The molecular formula is C16H21F3N2O. The highest BCUT2D eigenvalue weighted by Gasteiger charge is 2.33. The van der Waals surface area contributed by atoms with Gasteiger partial charge in [0, 0.05) is 23.9 Å². The zero-order valence-electron chi connectivity index (χ0n) is 12.9. The molecule has 0 spiro atoms. The Balaban J connectivity index is 2.85. The second-order valence-electron chi connectivity index (χ2n) is 5.37. The number of nitrogens with one attached hydrogen (secondary N) is 2. The van der Waals surface area contributed by atoms with Crippen LogP contribution in [0, 0.1) is 11.3 Å². The van der Waals surface area contributed by atoms with E-state index in [1.165, 1.54) is 12.1 Å². The summed E-state index contributed by atoms with van der Waals surface area (Å²) >= 11 is 0. The lowest BCUT2D eigenvalue weighted by molar-refractivity contribution is -0.138. The fourth-order valence-corrected chi connectivity index (χ4v) is 1.94. The van der Waals surface area contributed by atoms with Gasteiger partial charge in [-0.05, 0) is 31.5 Å². The predicted octanol–water partition coefficient (Wildman–Crippen LogP) is 4.23. The Morgan fingerprint density at radius 2 is 2.00 bits per heavy atom. The summed E-state index contributed by atoms with van der Waals surface area (Å²) in [4.78, 5) is 0. The number of hydrogen-bond acceptors (Lipinski definition) is 3. The van der Waals surface area contributed by atoms with Gasteiger partial charge in [0.2, 0.25) is 0 Å². The maximum Gasteiger partial charge on any atom is 0.416 e. The first kappa shape index (κ1) is 18.2. The average Bonchev–Trinajstić information content (AvgIpc) is 2.43. The lowest BCUT2D eigenvalue weighted by atomic mass is 10.0. The molecule has 22 heavy (non-hydrogen) atoms. The lowest BCUT2D eigenvalue weighted by Gasteiger charge is -2.15. The molecule has 0 bridgehead atoms. The smallest absolute Gasteiger partial charge is 0.392 e. The lowest BCUT2D eigenvalue weighted by Crippen LogP contribution is -2.11. The van der Waals surface area contributed by atoms with Gasteiger partial charge in [0.05, 0.1) is 12.2 Å². The van der Waals surface area contributed by atoms with Crippen LogP contribution in [0.2, 0.25) is 0 Å². The molecule has 0 saturated carbocycles. The summed E-state index contributed by atoms with van der Waals surface area (Å²) in [5.74, 6) is 0.00398. The summed E-state index contributed by atoms with van der Waals surface area (Å²) in [5.41, 5.74) is 0.852. The van der Waals surface area contributed by atoms with Gasteiger partial charge in [0.15, 0.2) is 0 Å². The van der Waals surface area contributed by atoms with E-state index in [4.69, 9.17) is 10.5 Å². The van der Waals surface area contributed by atoms with Gasteiger partial charge < -0.3 is 15.8 Å². The van der Waals surface area contributed by atoms with Crippen molar-refractivity contribution < 1.29 is 18.3 Å². The Morgan fingerprint density at radius 3 is 2.50 bits per heavy atom. The highest BCUT2D eigenvalue weighted by Crippen LogP contribution is 2.33. The van der Waals surface area contributed by atoms with Crippen LogP contribution < -0.4 is 5.32 Å². The minimum atomic E-state index is -4.49. The number of halogens is 3. The Labute approximate surface area is 128 Å². The summed E-state index contributed by atoms with van der Waals surface area (Å²) < 4.78 is 38.7. The number of aliphatic hydroxyl groups is 1. The second kappa shape index (κ2) is 7.45. The van der Waals surface area contributed by atoms with E-state index in [2.05, 4.69) is 5.32 Å². The van der Waals surface area contributed by atoms with Crippen LogP contribution >= 0.6 is 0 Å². The van der Waals surface area contributed by atoms with Gasteiger partial charge in [0.25, 0.3) is 0 Å². The second-order valence-corrected chi connectivity index (χ2v) is 5.37. The molecule has 1 aromatic carbocycles. The molecule has 0 heterocycles. The van der Waals surface area contributed by atoms with Crippen molar-refractivity contribution in [2.24, 2.45) is 5.92 Å². The van der Waals surface area contributed by atoms with Crippen molar-refractivity contribution in [3.63, 3.8) is 0 Å². The normalized spacial score (nSPS) is 13.9. The molecule has 0 amide bonds. The first-order chi connectivity index (χ1) is 10.1. The number of anilines is 1. The Morgan fingerprint density at radius 1 is 1.36 bits per heavy atom. The Kier molecular flexibility index (Phi) is 6.17. The van der Waals surface area contributed by atoms with Crippen LogP contribution in [0.1, 0.15) is 31.9 Å². The molecule has 3 N–H and O–H groups in total. The van der Waals surface area contributed by atoms with Crippen molar-refractivity contribution in [2.75, 3.05) is 11.9 Å². The van der Waals surface area contributed by atoms with E-state index in [1.54, 1.807) is 6.92 Å². The van der Waals surface area contributed by atoms with Gasteiger partial charge in [-0.25, -0.2) is 0 Å². The van der Waals surface area contributed by atoms with Crippen molar-refractivity contribution >= 4 is 11.4 Å². The predicted molar refractivity (Wildman–Crippen MR) is 82.2 cm³/mol. The van der Waals surface area contributed by atoms with E-state index in [9.17, 15) is 13.2 Å². The molecule has 1 aromatic rings. The van der Waals surface area contributed by atoms with Crippen LogP contribution in [0.25, 0.3) is 0 Å². The van der Waals surface area contributed by atoms with Crippen LogP contribution in [0.15, 0.2) is 29.8 Å². The van der Waals surface area contributed by atoms with Crippen LogP contribution in [-0.4, -0.2) is 17.4 Å². The van der Waals surface area contributed by atoms with Crippen LogP contribution in [0.5, 0.6) is 0 Å². The van der Waals surface area contributed by atoms with E-state index in [1.807, 2.05) is 19.9 Å². The molecule has 0 saturated heterocycles. The zero-order chi connectivity index (χ0) is 16.9. The average molecular weight is 314 g/mol. The van der Waals surface area contributed by atoms with Crippen molar-refractivity contribution in [3.05, 3.63) is 41.0 Å². The third-order valence-corrected chi connectivity index (χ3v) is 3.37. The Bertz CT molecular complexity index is 565. The number of allylic oxidation sites excluding steroid dienone is 1. The first-order valence-electron chi connectivity index (χ1n) is 6.92. The zero-order valence-corrected chi connectivity index (χ0v) is 12.9. The van der Waals surface area contributed by atoms with E-state index in [0.29, 0.717) is 17.9 Å². The minimum Gasteiger partial charge on any atom is -0.392 e. The van der Waals surface area contributed by atoms with E-state index in [0.717, 1.165) is 11.6 Å². The van der Waals surface area contributed by atoms with Gasteiger partial charge in [0.1, 0.15) is 0 Å². The highest BCUT2D eigenvalue weighted by molar-refractivity contribution is 5.82. The summed E-state index contributed by atoms with van der Waals surface area (Å²) in [6, 6.07) is 3.79. The maximum absolute atomic E-state index is 12.9. The first-order valence-corrected chi connectivity index (χ1v) is 6.92. The monoisotopic (exact) mass is 314 g/mol. The maximum atomic E-state index is 12.9. The quantitative estimate of drug-likeness (QED) is 0.543. The fourth-order valence-electron chi connectivity index (χ4n) is 1.94. The summed E-state index contributed by atoms with van der Waals surface area (Å²) in [6.45, 7) is 5.21. The molecule has 0 fully saturated rings. The summed E-state index contributed by atoms with van der Waals surface area (Å²) in [7, 11) is 0. The summed E-state index contributed by atoms with van der Waals surface area (Å²) in [6.07, 6.45) is -2.59. The molecule has 3 nitrogen and oxygen atoms in total. The molecular weight excluding hydrogens is 293 g/mol. The number of hydrogen-bond donors (Lipinski definition) is 3. The largest absolute Gasteiger partial charge is 0.416 e. The van der Waals surface area contributed by atoms with Gasteiger partial charge in [-0.1, -0.05) is 24.6 Å². The molecule has 1 unspecified atom stereocenters. The van der Waals surface area contributed by atoms with Gasteiger partial charge in [-0.2, -0.15) is 13.2 Å². The number of alkyl halides is 3. The molecule has 0 aromatic heterocycles. The molecule has 0 aliphatic rings. The van der Waals surface area contributed by atoms with Crippen LogP contribution in [0.4, 0.5) is 18.9 Å². The SMILES string of the molecule is CC(=N)C(C)/C=C(\C)CNc1ccc(CO)c(C(F)(F)F)c1. The van der Waals surface area contributed by atoms with Crippen LogP contribution in [-0.2, 0) is 12.8 Å². The third kappa shape index (κ3) is 5.18. The van der Waals surface area contributed by atoms with Crippen molar-refractivity contribution in [1.82, 2.24) is 0 Å². The van der Waals surface area contributed by atoms with E-state index < -0.39 is 18.3 Å². The Hall–Kier alpha value is -1.82. The molecule has 0 radical (unpaired) electrons. The molecule has 6 heteroatoms. The molecule has 122 valence electrons. The highest BCUT2D eigenvalue weighted by atomic mass is 19.4. The minimum absolute atomic E-state index is 0.00398. The fraction of sp³-hybridized carbons (Fsp3) is 0.438. The topological polar surface area (TPSA) is 56.1 Å². The summed E-state index contributed by atoms with van der Waals surface area (Å²) in [5, 5.41) is 19.4. The van der Waals surface area contributed by atoms with Crippen LogP contribution in [0.3, 0.4) is 0 Å². The number of rotatable bonds is 6. The number of benzene rings is 1. The molecule has 0 aliphatic heterocycles. The van der Waals surface area contributed by atoms with E-state index >= 15 is 0 Å². The standard InChI is InChI=1S/C16H21F3N2O/c1-10(6-11(2)12(3)20)8-21-14-5-4-13(9-22)15(7-14)16(17,18)19/h4-7,11,20-22H,8-9H2,1-3H3/b10-6+,20-12?. The molecule has 0 aliphatic carbocycles. The third-order valence-electron chi connectivity index (χ3n) is 3.37. The van der Waals surface area contributed by atoms with Crippen molar-refractivity contribution in [1.29, 1.82) is 5.41 Å². The van der Waals surface area contributed by atoms with E-state index in [-0.39, 0.29) is 11.5 Å². The number of aliphatic hydroxyl groups excluding tert-OH is 1.